The van der Waals surface area contributed by atoms with Gasteiger partial charge in [-0.15, -0.1) is 10.2 Å². The number of sulfone groups is 1. The largest absolute Gasteiger partial charge is 0.493 e. The number of aryl methyl sites for hydroxylation is 1. The summed E-state index contributed by atoms with van der Waals surface area (Å²) in [4.78, 5) is 24.4. The van der Waals surface area contributed by atoms with Crippen molar-refractivity contribution < 1.29 is 17.9 Å². The number of aromatic nitrogens is 6. The Morgan fingerprint density at radius 3 is 2.74 bits per heavy atom. The zero-order valence-corrected chi connectivity index (χ0v) is 24.8. The fourth-order valence-corrected chi connectivity index (χ4v) is 6.58. The number of fused-ring (bicyclic) bond motifs is 2. The van der Waals surface area contributed by atoms with Crippen molar-refractivity contribution in [3.63, 3.8) is 0 Å². The van der Waals surface area contributed by atoms with Gasteiger partial charge in [0.05, 0.1) is 24.4 Å². The SMILES string of the molecule is Cc1nnc2n1CCN(C(=O)[C@H]1CC[C@H](Nc3nccc(-n4ccc5c(OCCCS(C)(=O)=O)cccc54)n3)CC1)C2. The van der Waals surface area contributed by atoms with Crippen molar-refractivity contribution in [2.24, 2.45) is 5.92 Å². The third kappa shape index (κ3) is 6.10. The van der Waals surface area contributed by atoms with Crippen molar-refractivity contribution in [1.82, 2.24) is 34.2 Å². The minimum atomic E-state index is -3.01. The molecule has 0 unspecified atom stereocenters. The second-order valence-corrected chi connectivity index (χ2v) is 13.5. The molecule has 6 rings (SSSR count). The van der Waals surface area contributed by atoms with Gasteiger partial charge in [-0.25, -0.2) is 13.4 Å². The summed E-state index contributed by atoms with van der Waals surface area (Å²) in [5.74, 6) is 4.11. The van der Waals surface area contributed by atoms with Crippen LogP contribution in [0.25, 0.3) is 16.7 Å². The van der Waals surface area contributed by atoms with Gasteiger partial charge in [0, 0.05) is 49.1 Å². The first kappa shape index (κ1) is 28.1. The molecular weight excluding hydrogens is 556 g/mol. The molecule has 42 heavy (non-hydrogen) atoms. The highest BCUT2D eigenvalue weighted by atomic mass is 32.2. The summed E-state index contributed by atoms with van der Waals surface area (Å²) in [6.45, 7) is 4.26. The first-order valence-corrected chi connectivity index (χ1v) is 16.5. The first-order valence-electron chi connectivity index (χ1n) is 14.4. The molecule has 1 aliphatic heterocycles. The number of ether oxygens (including phenoxy) is 1. The molecule has 1 aliphatic carbocycles. The van der Waals surface area contributed by atoms with Crippen LogP contribution in [0.2, 0.25) is 0 Å². The molecule has 0 atom stereocenters. The van der Waals surface area contributed by atoms with E-state index in [1.807, 2.05) is 52.9 Å². The van der Waals surface area contributed by atoms with Crippen LogP contribution < -0.4 is 10.1 Å². The number of benzene rings is 1. The second-order valence-electron chi connectivity index (χ2n) is 11.2. The lowest BCUT2D eigenvalue weighted by Crippen LogP contribution is -2.43. The number of anilines is 1. The predicted octanol–water partition coefficient (Wildman–Crippen LogP) is 3.15. The van der Waals surface area contributed by atoms with Gasteiger partial charge in [-0.05, 0) is 63.3 Å². The minimum Gasteiger partial charge on any atom is -0.493 e. The van der Waals surface area contributed by atoms with Gasteiger partial charge in [-0.1, -0.05) is 6.07 Å². The fraction of sp³-hybridized carbons (Fsp3) is 0.483. The smallest absolute Gasteiger partial charge is 0.226 e. The maximum absolute atomic E-state index is 13.2. The molecule has 2 aliphatic rings. The van der Waals surface area contributed by atoms with Crippen molar-refractivity contribution >= 4 is 32.6 Å². The molecule has 4 heterocycles. The van der Waals surface area contributed by atoms with E-state index in [1.165, 1.54) is 6.26 Å². The molecule has 0 bridgehead atoms. The second kappa shape index (κ2) is 11.7. The van der Waals surface area contributed by atoms with Crippen LogP contribution in [0.5, 0.6) is 5.75 Å². The zero-order valence-electron chi connectivity index (χ0n) is 23.9. The normalized spacial score (nSPS) is 19.0. The van der Waals surface area contributed by atoms with Crippen molar-refractivity contribution in [3.8, 4) is 11.6 Å². The van der Waals surface area contributed by atoms with Crippen LogP contribution in [0.1, 0.15) is 43.8 Å². The first-order chi connectivity index (χ1) is 20.2. The number of carbonyl (C=O) groups excluding carboxylic acids is 1. The summed E-state index contributed by atoms with van der Waals surface area (Å²) in [6, 6.07) is 9.84. The number of carbonyl (C=O) groups is 1. The van der Waals surface area contributed by atoms with E-state index >= 15 is 0 Å². The van der Waals surface area contributed by atoms with Crippen LogP contribution in [-0.2, 0) is 27.7 Å². The van der Waals surface area contributed by atoms with E-state index in [9.17, 15) is 13.2 Å². The van der Waals surface area contributed by atoms with Gasteiger partial charge in [-0.2, -0.15) is 4.98 Å². The van der Waals surface area contributed by atoms with Gasteiger partial charge >= 0.3 is 0 Å². The Morgan fingerprint density at radius 1 is 1.10 bits per heavy atom. The highest BCUT2D eigenvalue weighted by Gasteiger charge is 2.32. The molecule has 0 saturated heterocycles. The van der Waals surface area contributed by atoms with Gasteiger partial charge in [0.15, 0.2) is 5.82 Å². The molecule has 1 fully saturated rings. The van der Waals surface area contributed by atoms with Gasteiger partial charge < -0.3 is 24.1 Å². The van der Waals surface area contributed by atoms with Crippen LogP contribution in [0.4, 0.5) is 5.95 Å². The maximum Gasteiger partial charge on any atom is 0.226 e. The van der Waals surface area contributed by atoms with E-state index in [4.69, 9.17) is 9.72 Å². The van der Waals surface area contributed by atoms with E-state index in [1.54, 1.807) is 6.20 Å². The number of amides is 1. The molecule has 222 valence electrons. The molecule has 0 spiro atoms. The molecule has 1 saturated carbocycles. The fourth-order valence-electron chi connectivity index (χ4n) is 5.94. The molecular formula is C29H36N8O4S. The minimum absolute atomic E-state index is 0.0277. The third-order valence-corrected chi connectivity index (χ3v) is 9.19. The van der Waals surface area contributed by atoms with E-state index in [0.717, 1.165) is 60.6 Å². The Hall–Kier alpha value is -4.00. The molecule has 1 N–H and O–H groups in total. The van der Waals surface area contributed by atoms with Gasteiger partial charge in [0.1, 0.15) is 27.2 Å². The Balaban J connectivity index is 1.06. The number of nitrogens with one attached hydrogen (secondary N) is 1. The molecule has 3 aromatic heterocycles. The van der Waals surface area contributed by atoms with Crippen LogP contribution in [-0.4, -0.2) is 79.7 Å². The van der Waals surface area contributed by atoms with Gasteiger partial charge in [0.2, 0.25) is 11.9 Å². The quantitative estimate of drug-likeness (QED) is 0.291. The standard InChI is InChI=1S/C29H36N8O4S/c1-20-33-34-27-19-35(15-16-36(20)27)28(38)21-7-9-22(10-8-21)31-29-30-13-11-26(32-29)37-14-12-23-24(37)5-3-6-25(23)41-17-4-18-42(2,39)40/h3,5-6,11-14,21-22H,4,7-10,15-19H2,1-2H3,(H,30,31,32)/t21-,22-. The van der Waals surface area contributed by atoms with Crippen LogP contribution in [0.15, 0.2) is 42.7 Å². The van der Waals surface area contributed by atoms with Gasteiger partial charge in [0.25, 0.3) is 0 Å². The van der Waals surface area contributed by atoms with Crippen LogP contribution in [0, 0.1) is 12.8 Å². The van der Waals surface area contributed by atoms with Crippen molar-refractivity contribution in [3.05, 3.63) is 54.4 Å². The van der Waals surface area contributed by atoms with Crippen molar-refractivity contribution in [1.29, 1.82) is 0 Å². The third-order valence-electron chi connectivity index (χ3n) is 8.16. The molecule has 4 aromatic rings. The van der Waals surface area contributed by atoms with E-state index in [2.05, 4.69) is 25.1 Å². The van der Waals surface area contributed by atoms with Gasteiger partial charge in [-0.3, -0.25) is 4.79 Å². The molecule has 0 radical (unpaired) electrons. The lowest BCUT2D eigenvalue weighted by molar-refractivity contribution is -0.138. The topological polar surface area (TPSA) is 137 Å². The highest BCUT2D eigenvalue weighted by molar-refractivity contribution is 7.90. The Morgan fingerprint density at radius 2 is 1.93 bits per heavy atom. The number of rotatable bonds is 9. The number of nitrogens with zero attached hydrogens (tertiary/aromatic N) is 7. The lowest BCUT2D eigenvalue weighted by atomic mass is 9.85. The van der Waals surface area contributed by atoms with E-state index in [-0.39, 0.29) is 23.6 Å². The zero-order chi connectivity index (χ0) is 29.3. The number of hydrogen-bond acceptors (Lipinski definition) is 9. The Kier molecular flexibility index (Phi) is 7.84. The predicted molar refractivity (Wildman–Crippen MR) is 158 cm³/mol. The molecule has 1 aromatic carbocycles. The van der Waals surface area contributed by atoms with E-state index < -0.39 is 9.84 Å². The lowest BCUT2D eigenvalue weighted by Gasteiger charge is -2.34. The van der Waals surface area contributed by atoms with Crippen molar-refractivity contribution in [2.45, 2.75) is 58.2 Å². The maximum atomic E-state index is 13.2. The average Bonchev–Trinajstić information content (AvgIpc) is 3.59. The molecule has 13 heteroatoms. The summed E-state index contributed by atoms with van der Waals surface area (Å²) in [7, 11) is -3.01. The molecule has 12 nitrogen and oxygen atoms in total. The highest BCUT2D eigenvalue weighted by Crippen LogP contribution is 2.30. The molecule has 1 amide bonds. The summed E-state index contributed by atoms with van der Waals surface area (Å²) < 4.78 is 32.8. The monoisotopic (exact) mass is 592 g/mol. The summed E-state index contributed by atoms with van der Waals surface area (Å²) in [5.41, 5.74) is 0.936. The number of hydrogen-bond donors (Lipinski definition) is 1. The summed E-state index contributed by atoms with van der Waals surface area (Å²) >= 11 is 0. The van der Waals surface area contributed by atoms with E-state index in [0.29, 0.717) is 37.8 Å². The Labute approximate surface area is 245 Å². The van der Waals surface area contributed by atoms with Crippen LogP contribution in [0.3, 0.4) is 0 Å². The Bertz CT molecular complexity index is 1690. The van der Waals surface area contributed by atoms with Crippen LogP contribution >= 0.6 is 0 Å². The summed E-state index contributed by atoms with van der Waals surface area (Å²) in [5, 5.41) is 12.8. The average molecular weight is 593 g/mol. The van der Waals surface area contributed by atoms with Crippen molar-refractivity contribution in [2.75, 3.05) is 30.5 Å². The summed E-state index contributed by atoms with van der Waals surface area (Å²) in [6.07, 6.45) is 8.77.